The molecule has 1 fully saturated rings. The Labute approximate surface area is 185 Å². The number of hydrogen-bond acceptors (Lipinski definition) is 5. The van der Waals surface area contributed by atoms with Crippen molar-refractivity contribution in [2.75, 3.05) is 35.9 Å². The first-order chi connectivity index (χ1) is 15.0. The van der Waals surface area contributed by atoms with Crippen LogP contribution in [0.1, 0.15) is 17.5 Å². The van der Waals surface area contributed by atoms with Crippen molar-refractivity contribution in [2.24, 2.45) is 0 Å². The number of carbonyl (C=O) groups excluding carboxylic acids is 3. The Bertz CT molecular complexity index is 1080. The third-order valence-electron chi connectivity index (χ3n) is 5.40. The molecule has 4 rings (SSSR count). The SMILES string of the molecule is COc1ccccc1N1C(=O)NC(=O)C(=Cc2ccc3c(c2)CCN3CCCCl)C1=O. The summed E-state index contributed by atoms with van der Waals surface area (Å²) in [6.07, 6.45) is 3.32. The van der Waals surface area contributed by atoms with Crippen molar-refractivity contribution in [1.82, 2.24) is 5.32 Å². The normalized spacial score (nSPS) is 17.2. The predicted molar refractivity (Wildman–Crippen MR) is 120 cm³/mol. The minimum atomic E-state index is -0.805. The van der Waals surface area contributed by atoms with E-state index >= 15 is 0 Å². The number of anilines is 2. The number of para-hydroxylation sites is 2. The Balaban J connectivity index is 1.65. The molecular weight excluding hydrogens is 418 g/mol. The molecule has 31 heavy (non-hydrogen) atoms. The summed E-state index contributed by atoms with van der Waals surface area (Å²) in [7, 11) is 1.45. The van der Waals surface area contributed by atoms with Crippen LogP contribution >= 0.6 is 11.6 Å². The monoisotopic (exact) mass is 439 g/mol. The molecule has 160 valence electrons. The number of urea groups is 1. The summed E-state index contributed by atoms with van der Waals surface area (Å²) in [6.45, 7) is 1.82. The van der Waals surface area contributed by atoms with E-state index in [1.54, 1.807) is 24.3 Å². The molecule has 1 N–H and O–H groups in total. The highest BCUT2D eigenvalue weighted by Crippen LogP contribution is 2.32. The van der Waals surface area contributed by atoms with Gasteiger partial charge in [-0.05, 0) is 54.3 Å². The van der Waals surface area contributed by atoms with E-state index in [1.165, 1.54) is 13.2 Å². The summed E-state index contributed by atoms with van der Waals surface area (Å²) < 4.78 is 5.27. The van der Waals surface area contributed by atoms with Crippen LogP contribution in [0.15, 0.2) is 48.0 Å². The number of imide groups is 2. The maximum atomic E-state index is 13.1. The number of amides is 4. The van der Waals surface area contributed by atoms with E-state index in [2.05, 4.69) is 10.2 Å². The Hall–Kier alpha value is -3.32. The Morgan fingerprint density at radius 3 is 2.71 bits per heavy atom. The number of nitrogens with zero attached hydrogens (tertiary/aromatic N) is 2. The zero-order valence-electron chi connectivity index (χ0n) is 17.1. The number of barbiturate groups is 1. The largest absolute Gasteiger partial charge is 0.495 e. The fraction of sp³-hybridized carbons (Fsp3) is 0.261. The average Bonchev–Trinajstić information content (AvgIpc) is 3.17. The van der Waals surface area contributed by atoms with Gasteiger partial charge >= 0.3 is 6.03 Å². The van der Waals surface area contributed by atoms with Crippen LogP contribution in [0.25, 0.3) is 6.08 Å². The first kappa shape index (κ1) is 20.9. The fourth-order valence-corrected chi connectivity index (χ4v) is 4.04. The van der Waals surface area contributed by atoms with E-state index in [0.29, 0.717) is 11.6 Å². The van der Waals surface area contributed by atoms with Crippen molar-refractivity contribution < 1.29 is 19.1 Å². The smallest absolute Gasteiger partial charge is 0.336 e. The van der Waals surface area contributed by atoms with Gasteiger partial charge in [0.05, 0.1) is 12.8 Å². The van der Waals surface area contributed by atoms with Crippen LogP contribution in [0, 0.1) is 0 Å². The van der Waals surface area contributed by atoms with Gasteiger partial charge in [0.25, 0.3) is 11.8 Å². The highest BCUT2D eigenvalue weighted by Gasteiger charge is 2.38. The highest BCUT2D eigenvalue weighted by atomic mass is 35.5. The van der Waals surface area contributed by atoms with E-state index in [9.17, 15) is 14.4 Å². The molecule has 0 aliphatic carbocycles. The average molecular weight is 440 g/mol. The minimum Gasteiger partial charge on any atom is -0.495 e. The van der Waals surface area contributed by atoms with E-state index in [1.807, 2.05) is 18.2 Å². The zero-order valence-corrected chi connectivity index (χ0v) is 17.8. The summed E-state index contributed by atoms with van der Waals surface area (Å²) in [5.41, 5.74) is 3.20. The molecule has 0 radical (unpaired) electrons. The van der Waals surface area contributed by atoms with Gasteiger partial charge in [-0.15, -0.1) is 11.6 Å². The summed E-state index contributed by atoms with van der Waals surface area (Å²) in [6, 6.07) is 11.7. The van der Waals surface area contributed by atoms with Crippen LogP contribution in [0.2, 0.25) is 0 Å². The Kier molecular flexibility index (Phi) is 5.95. The molecule has 2 aromatic carbocycles. The minimum absolute atomic E-state index is 0.109. The third kappa shape index (κ3) is 4.01. The summed E-state index contributed by atoms with van der Waals surface area (Å²) in [5, 5.41) is 2.25. The van der Waals surface area contributed by atoms with Gasteiger partial charge in [0.15, 0.2) is 0 Å². The molecule has 4 amide bonds. The number of nitrogens with one attached hydrogen (secondary N) is 1. The molecule has 0 atom stereocenters. The second kappa shape index (κ2) is 8.81. The lowest BCUT2D eigenvalue weighted by molar-refractivity contribution is -0.122. The van der Waals surface area contributed by atoms with Crippen molar-refractivity contribution in [3.8, 4) is 5.75 Å². The van der Waals surface area contributed by atoms with Crippen LogP contribution < -0.4 is 19.9 Å². The van der Waals surface area contributed by atoms with Crippen LogP contribution in [-0.4, -0.2) is 43.9 Å². The Morgan fingerprint density at radius 1 is 1.13 bits per heavy atom. The Morgan fingerprint density at radius 2 is 1.94 bits per heavy atom. The number of carbonyl (C=O) groups is 3. The van der Waals surface area contributed by atoms with Crippen molar-refractivity contribution in [3.05, 3.63) is 59.2 Å². The van der Waals surface area contributed by atoms with Crippen LogP contribution in [0.5, 0.6) is 5.75 Å². The lowest BCUT2D eigenvalue weighted by Gasteiger charge is -2.27. The van der Waals surface area contributed by atoms with E-state index in [4.69, 9.17) is 16.3 Å². The van der Waals surface area contributed by atoms with Gasteiger partial charge in [-0.1, -0.05) is 18.2 Å². The molecule has 0 unspecified atom stereocenters. The molecular formula is C23H22ClN3O4. The molecule has 2 heterocycles. The summed E-state index contributed by atoms with van der Waals surface area (Å²) in [5.74, 6) is -0.434. The standard InChI is InChI=1S/C23H22ClN3O4/c1-31-20-6-3-2-5-19(20)27-22(29)17(21(28)25-23(27)30)14-15-7-8-18-16(13-15)9-12-26(18)11-4-10-24/h2-3,5-8,13-14H,4,9-12H2,1H3,(H,25,28,30). The molecule has 0 spiro atoms. The first-order valence-corrected chi connectivity index (χ1v) is 10.5. The first-order valence-electron chi connectivity index (χ1n) is 10.0. The van der Waals surface area contributed by atoms with Gasteiger partial charge in [0.1, 0.15) is 11.3 Å². The third-order valence-corrected chi connectivity index (χ3v) is 5.66. The fourth-order valence-electron chi connectivity index (χ4n) is 3.92. The number of methoxy groups -OCH3 is 1. The molecule has 0 bridgehead atoms. The van der Waals surface area contributed by atoms with Gasteiger partial charge < -0.3 is 9.64 Å². The molecule has 2 aliphatic rings. The second-order valence-electron chi connectivity index (χ2n) is 7.30. The maximum absolute atomic E-state index is 13.1. The molecule has 8 heteroatoms. The van der Waals surface area contributed by atoms with Crippen LogP contribution in [0.4, 0.5) is 16.2 Å². The van der Waals surface area contributed by atoms with Crippen LogP contribution in [-0.2, 0) is 16.0 Å². The number of hydrogen-bond donors (Lipinski definition) is 1. The van der Waals surface area contributed by atoms with Gasteiger partial charge in [0.2, 0.25) is 0 Å². The lowest BCUT2D eigenvalue weighted by atomic mass is 10.0. The van der Waals surface area contributed by atoms with Gasteiger partial charge in [-0.3, -0.25) is 14.9 Å². The number of rotatable bonds is 6. The zero-order chi connectivity index (χ0) is 22.0. The number of alkyl halides is 1. The van der Waals surface area contributed by atoms with Crippen LogP contribution in [0.3, 0.4) is 0 Å². The second-order valence-corrected chi connectivity index (χ2v) is 7.68. The van der Waals surface area contributed by atoms with E-state index < -0.39 is 17.8 Å². The van der Waals surface area contributed by atoms with E-state index in [0.717, 1.165) is 47.6 Å². The van der Waals surface area contributed by atoms with Gasteiger partial charge in [0, 0.05) is 24.7 Å². The topological polar surface area (TPSA) is 79.0 Å². The number of fused-ring (bicyclic) bond motifs is 1. The van der Waals surface area contributed by atoms with E-state index in [-0.39, 0.29) is 11.3 Å². The van der Waals surface area contributed by atoms with Gasteiger partial charge in [-0.25, -0.2) is 9.69 Å². The molecule has 0 aromatic heterocycles. The lowest BCUT2D eigenvalue weighted by Crippen LogP contribution is -2.54. The predicted octanol–water partition coefficient (Wildman–Crippen LogP) is 3.35. The number of benzene rings is 2. The molecule has 0 saturated carbocycles. The maximum Gasteiger partial charge on any atom is 0.336 e. The number of halogens is 1. The molecule has 2 aromatic rings. The highest BCUT2D eigenvalue weighted by molar-refractivity contribution is 6.39. The molecule has 7 nitrogen and oxygen atoms in total. The van der Waals surface area contributed by atoms with Crippen molar-refractivity contribution in [2.45, 2.75) is 12.8 Å². The van der Waals surface area contributed by atoms with Crippen molar-refractivity contribution in [1.29, 1.82) is 0 Å². The quantitative estimate of drug-likeness (QED) is 0.424. The van der Waals surface area contributed by atoms with Gasteiger partial charge in [-0.2, -0.15) is 0 Å². The van der Waals surface area contributed by atoms with Crippen molar-refractivity contribution >= 4 is 46.9 Å². The summed E-state index contributed by atoms with van der Waals surface area (Å²) in [4.78, 5) is 41.2. The number of ether oxygens (including phenoxy) is 1. The molecule has 2 aliphatic heterocycles. The molecule has 1 saturated heterocycles. The summed E-state index contributed by atoms with van der Waals surface area (Å²) >= 11 is 5.81. The van der Waals surface area contributed by atoms with Crippen molar-refractivity contribution in [3.63, 3.8) is 0 Å².